The summed E-state index contributed by atoms with van der Waals surface area (Å²) in [5.41, 5.74) is 3.32. The van der Waals surface area contributed by atoms with Crippen molar-refractivity contribution in [2.75, 3.05) is 6.61 Å². The van der Waals surface area contributed by atoms with E-state index in [-0.39, 0.29) is 11.4 Å². The largest absolute Gasteiger partial charge is 0.505 e. The van der Waals surface area contributed by atoms with Gasteiger partial charge in [-0.25, -0.2) is 10.5 Å². The van der Waals surface area contributed by atoms with Gasteiger partial charge in [0, 0.05) is 6.20 Å². The number of carbonyl (C=O) groups is 1. The number of nitrogens with zero attached hydrogens (tertiary/aromatic N) is 1. The van der Waals surface area contributed by atoms with E-state index >= 15 is 0 Å². The van der Waals surface area contributed by atoms with Crippen LogP contribution < -0.4 is 5.48 Å². The zero-order chi connectivity index (χ0) is 13.5. The first-order valence-electron chi connectivity index (χ1n) is 5.87. The third kappa shape index (κ3) is 3.79. The summed E-state index contributed by atoms with van der Waals surface area (Å²) in [5, 5.41) is 9.44. The topological polar surface area (TPSA) is 71.5 Å². The summed E-state index contributed by atoms with van der Waals surface area (Å²) in [5.74, 6) is -0.738. The van der Waals surface area contributed by atoms with Crippen LogP contribution in [0, 0.1) is 0 Å². The molecule has 19 heavy (non-hydrogen) atoms. The van der Waals surface area contributed by atoms with Gasteiger partial charge in [0.15, 0.2) is 5.69 Å². The maximum Gasteiger partial charge on any atom is 0.297 e. The van der Waals surface area contributed by atoms with E-state index in [4.69, 9.17) is 4.84 Å². The monoisotopic (exact) mass is 258 g/mol. The Morgan fingerprint density at radius 1 is 1.21 bits per heavy atom. The number of aromatic nitrogens is 1. The molecular weight excluding hydrogens is 244 g/mol. The minimum Gasteiger partial charge on any atom is -0.505 e. The van der Waals surface area contributed by atoms with Crippen LogP contribution in [-0.4, -0.2) is 22.6 Å². The van der Waals surface area contributed by atoms with Gasteiger partial charge in [0.1, 0.15) is 5.75 Å². The van der Waals surface area contributed by atoms with Crippen LogP contribution in [0.5, 0.6) is 5.75 Å². The summed E-state index contributed by atoms with van der Waals surface area (Å²) in [7, 11) is 0. The number of nitrogens with one attached hydrogen (secondary N) is 1. The number of benzene rings is 1. The Labute approximate surface area is 110 Å². The maximum atomic E-state index is 11.6. The minimum absolute atomic E-state index is 0.0535. The van der Waals surface area contributed by atoms with Gasteiger partial charge in [0.25, 0.3) is 5.91 Å². The molecule has 0 fully saturated rings. The first-order chi connectivity index (χ1) is 9.27. The van der Waals surface area contributed by atoms with Crippen LogP contribution in [0.15, 0.2) is 48.7 Å². The number of hydrogen-bond acceptors (Lipinski definition) is 4. The molecule has 98 valence electrons. The number of hydroxylamine groups is 1. The summed E-state index contributed by atoms with van der Waals surface area (Å²) >= 11 is 0. The summed E-state index contributed by atoms with van der Waals surface area (Å²) in [6, 6.07) is 12.7. The lowest BCUT2D eigenvalue weighted by molar-refractivity contribution is 0.0317. The fourth-order valence-electron chi connectivity index (χ4n) is 1.55. The molecule has 0 aliphatic carbocycles. The Bertz CT molecular complexity index is 543. The molecule has 0 aliphatic heterocycles. The molecule has 1 amide bonds. The van der Waals surface area contributed by atoms with Gasteiger partial charge in [-0.3, -0.25) is 9.63 Å². The molecule has 1 heterocycles. The molecule has 0 unspecified atom stereocenters. The van der Waals surface area contributed by atoms with E-state index in [9.17, 15) is 9.90 Å². The zero-order valence-corrected chi connectivity index (χ0v) is 10.2. The van der Waals surface area contributed by atoms with Crippen molar-refractivity contribution in [2.24, 2.45) is 0 Å². The van der Waals surface area contributed by atoms with Crippen LogP contribution in [0.4, 0.5) is 0 Å². The van der Waals surface area contributed by atoms with E-state index in [1.165, 1.54) is 12.3 Å². The zero-order valence-electron chi connectivity index (χ0n) is 10.2. The van der Waals surface area contributed by atoms with Crippen LogP contribution >= 0.6 is 0 Å². The van der Waals surface area contributed by atoms with E-state index in [0.717, 1.165) is 5.56 Å². The Morgan fingerprint density at radius 3 is 2.74 bits per heavy atom. The number of carbonyl (C=O) groups excluding carboxylic acids is 1. The normalized spacial score (nSPS) is 10.1. The highest BCUT2D eigenvalue weighted by atomic mass is 16.6. The van der Waals surface area contributed by atoms with Gasteiger partial charge in [-0.1, -0.05) is 30.3 Å². The van der Waals surface area contributed by atoms with E-state index in [1.807, 2.05) is 30.3 Å². The van der Waals surface area contributed by atoms with Gasteiger partial charge < -0.3 is 5.11 Å². The van der Waals surface area contributed by atoms with Crippen molar-refractivity contribution >= 4 is 5.91 Å². The van der Waals surface area contributed by atoms with Crippen molar-refractivity contribution < 1.29 is 14.7 Å². The first-order valence-corrected chi connectivity index (χ1v) is 5.87. The van der Waals surface area contributed by atoms with Crippen LogP contribution in [0.25, 0.3) is 0 Å². The van der Waals surface area contributed by atoms with E-state index in [1.54, 1.807) is 6.07 Å². The summed E-state index contributed by atoms with van der Waals surface area (Å²) in [6.45, 7) is 0.351. The van der Waals surface area contributed by atoms with Crippen molar-refractivity contribution in [2.45, 2.75) is 6.42 Å². The number of hydrogen-bond donors (Lipinski definition) is 2. The number of aromatic hydroxyl groups is 1. The predicted octanol–water partition coefficient (Wildman–Crippen LogP) is 1.69. The number of amides is 1. The summed E-state index contributed by atoms with van der Waals surface area (Å²) in [6.07, 6.45) is 2.12. The highest BCUT2D eigenvalue weighted by Gasteiger charge is 2.11. The molecule has 5 nitrogen and oxygen atoms in total. The van der Waals surface area contributed by atoms with Gasteiger partial charge in [-0.2, -0.15) is 0 Å². The van der Waals surface area contributed by atoms with Crippen molar-refractivity contribution in [1.82, 2.24) is 10.5 Å². The number of pyridine rings is 1. The van der Waals surface area contributed by atoms with Crippen LogP contribution in [0.3, 0.4) is 0 Å². The fourth-order valence-corrected chi connectivity index (χ4v) is 1.55. The van der Waals surface area contributed by atoms with Gasteiger partial charge in [0.05, 0.1) is 6.61 Å². The Morgan fingerprint density at radius 2 is 2.00 bits per heavy atom. The maximum absolute atomic E-state index is 11.6. The Balaban J connectivity index is 1.77. The molecule has 0 spiro atoms. The van der Waals surface area contributed by atoms with Crippen molar-refractivity contribution in [3.63, 3.8) is 0 Å². The van der Waals surface area contributed by atoms with Crippen LogP contribution in [0.2, 0.25) is 0 Å². The average Bonchev–Trinajstić information content (AvgIpc) is 2.45. The third-order valence-corrected chi connectivity index (χ3v) is 2.50. The molecular formula is C14H14N2O3. The van der Waals surface area contributed by atoms with Crippen LogP contribution in [-0.2, 0) is 11.3 Å². The second-order valence-electron chi connectivity index (χ2n) is 3.89. The first kappa shape index (κ1) is 13.0. The number of rotatable bonds is 5. The molecule has 2 N–H and O–H groups in total. The van der Waals surface area contributed by atoms with Crippen LogP contribution in [0.1, 0.15) is 16.1 Å². The molecule has 0 saturated heterocycles. The highest BCUT2D eigenvalue weighted by Crippen LogP contribution is 2.11. The van der Waals surface area contributed by atoms with Gasteiger partial charge in [0.2, 0.25) is 0 Å². The van der Waals surface area contributed by atoms with Crippen molar-refractivity contribution in [3.05, 3.63) is 59.9 Å². The molecule has 0 aliphatic rings. The second kappa shape index (κ2) is 6.51. The minimum atomic E-state index is -0.564. The highest BCUT2D eigenvalue weighted by molar-refractivity contribution is 5.93. The summed E-state index contributed by atoms with van der Waals surface area (Å²) in [4.78, 5) is 20.4. The quantitative estimate of drug-likeness (QED) is 0.632. The molecule has 1 aromatic heterocycles. The third-order valence-electron chi connectivity index (χ3n) is 2.50. The van der Waals surface area contributed by atoms with Gasteiger partial charge in [-0.05, 0) is 24.1 Å². The van der Waals surface area contributed by atoms with E-state index in [2.05, 4.69) is 10.5 Å². The lowest BCUT2D eigenvalue weighted by Crippen LogP contribution is -2.25. The van der Waals surface area contributed by atoms with E-state index in [0.29, 0.717) is 13.0 Å². The van der Waals surface area contributed by atoms with Gasteiger partial charge in [-0.15, -0.1) is 0 Å². The van der Waals surface area contributed by atoms with Gasteiger partial charge >= 0.3 is 0 Å². The molecule has 0 saturated carbocycles. The summed E-state index contributed by atoms with van der Waals surface area (Å²) < 4.78 is 0. The average molecular weight is 258 g/mol. The molecule has 5 heteroatoms. The Kier molecular flexibility index (Phi) is 4.47. The van der Waals surface area contributed by atoms with E-state index < -0.39 is 5.91 Å². The van der Waals surface area contributed by atoms with Crippen molar-refractivity contribution in [1.29, 1.82) is 0 Å². The smallest absolute Gasteiger partial charge is 0.297 e. The molecule has 2 rings (SSSR count). The SMILES string of the molecule is O=C(NOCCc1ccccc1)c1ncccc1O. The fraction of sp³-hybridized carbons (Fsp3) is 0.143. The predicted molar refractivity (Wildman–Crippen MR) is 69.5 cm³/mol. The second-order valence-corrected chi connectivity index (χ2v) is 3.89. The lowest BCUT2D eigenvalue weighted by atomic mass is 10.2. The molecule has 1 aromatic carbocycles. The lowest BCUT2D eigenvalue weighted by Gasteiger charge is -2.06. The molecule has 2 aromatic rings. The molecule has 0 bridgehead atoms. The van der Waals surface area contributed by atoms with Crippen molar-refractivity contribution in [3.8, 4) is 5.75 Å². The standard InChI is InChI=1S/C14H14N2O3/c17-12-7-4-9-15-13(12)14(18)16-19-10-8-11-5-2-1-3-6-11/h1-7,9,17H,8,10H2,(H,16,18). The Hall–Kier alpha value is -2.40. The molecule has 0 radical (unpaired) electrons. The molecule has 0 atom stereocenters.